The van der Waals surface area contributed by atoms with Gasteiger partial charge in [0.1, 0.15) is 0 Å². The molecule has 154 valence electrons. The topological polar surface area (TPSA) is 52.6 Å². The second kappa shape index (κ2) is 9.88. The second-order valence-corrected chi connectivity index (χ2v) is 7.42. The predicted octanol–water partition coefficient (Wildman–Crippen LogP) is 6.20. The summed E-state index contributed by atoms with van der Waals surface area (Å²) in [7, 11) is 0. The van der Waals surface area contributed by atoms with Crippen molar-refractivity contribution in [2.45, 2.75) is 39.5 Å². The first-order valence-electron chi connectivity index (χ1n) is 10.2. The first-order chi connectivity index (χ1) is 14.5. The minimum absolute atomic E-state index is 0.230. The largest absolute Gasteiger partial charge is 0.419 e. The van der Waals surface area contributed by atoms with Crippen molar-refractivity contribution in [2.24, 2.45) is 0 Å². The van der Waals surface area contributed by atoms with Crippen LogP contribution >= 0.6 is 0 Å². The Hall–Kier alpha value is -3.40. The highest BCUT2D eigenvalue weighted by Crippen LogP contribution is 2.37. The number of carbonyl (C=O) groups is 2. The number of rotatable bonds is 7. The van der Waals surface area contributed by atoms with E-state index >= 15 is 0 Å². The van der Waals surface area contributed by atoms with E-state index in [2.05, 4.69) is 20.8 Å². The van der Waals surface area contributed by atoms with Crippen molar-refractivity contribution in [3.63, 3.8) is 0 Å². The molecule has 0 fully saturated rings. The monoisotopic (exact) mass is 402 g/mol. The first kappa shape index (κ1) is 21.3. The van der Waals surface area contributed by atoms with Gasteiger partial charge in [-0.1, -0.05) is 69.7 Å². The Labute approximate surface area is 177 Å². The number of carbonyl (C=O) groups excluding carboxylic acids is 2. The average Bonchev–Trinajstić information content (AvgIpc) is 2.76. The maximum atomic E-state index is 12.7. The van der Waals surface area contributed by atoms with E-state index < -0.39 is 11.9 Å². The summed E-state index contributed by atoms with van der Waals surface area (Å²) in [6.07, 6.45) is 1.57. The van der Waals surface area contributed by atoms with Gasteiger partial charge < -0.3 is 9.47 Å². The molecule has 0 N–H and O–H groups in total. The Balaban J connectivity index is 2.02. The fourth-order valence-corrected chi connectivity index (χ4v) is 3.12. The summed E-state index contributed by atoms with van der Waals surface area (Å²) in [6.45, 7) is 6.20. The molecule has 0 saturated heterocycles. The van der Waals surface area contributed by atoms with Crippen LogP contribution in [-0.4, -0.2) is 11.9 Å². The maximum Gasteiger partial charge on any atom is 0.343 e. The molecule has 3 rings (SSSR count). The highest BCUT2D eigenvalue weighted by atomic mass is 16.6. The summed E-state index contributed by atoms with van der Waals surface area (Å²) in [6, 6.07) is 21.4. The SMILES string of the molecule is CCCc1cc(C(C)C)cc(OC(=O)c2ccccc2)c1OC(=O)c1ccccc1. The van der Waals surface area contributed by atoms with E-state index in [9.17, 15) is 9.59 Å². The summed E-state index contributed by atoms with van der Waals surface area (Å²) in [4.78, 5) is 25.4. The lowest BCUT2D eigenvalue weighted by Gasteiger charge is -2.18. The van der Waals surface area contributed by atoms with Crippen LogP contribution < -0.4 is 9.47 Å². The highest BCUT2D eigenvalue weighted by Gasteiger charge is 2.21. The summed E-state index contributed by atoms with van der Waals surface area (Å²) >= 11 is 0. The highest BCUT2D eigenvalue weighted by molar-refractivity contribution is 5.93. The van der Waals surface area contributed by atoms with Crippen molar-refractivity contribution >= 4 is 11.9 Å². The molecule has 0 aliphatic heterocycles. The Kier molecular flexibility index (Phi) is 7.02. The molecule has 3 aromatic carbocycles. The van der Waals surface area contributed by atoms with Crippen molar-refractivity contribution in [1.82, 2.24) is 0 Å². The molecule has 4 heteroatoms. The van der Waals surface area contributed by atoms with Crippen LogP contribution in [0.25, 0.3) is 0 Å². The molecule has 0 heterocycles. The summed E-state index contributed by atoms with van der Waals surface area (Å²) in [5.41, 5.74) is 2.75. The molecule has 3 aromatic rings. The zero-order valence-electron chi connectivity index (χ0n) is 17.6. The van der Waals surface area contributed by atoms with Gasteiger partial charge in [-0.15, -0.1) is 0 Å². The molecule has 0 radical (unpaired) electrons. The van der Waals surface area contributed by atoms with Crippen LogP contribution in [0.4, 0.5) is 0 Å². The van der Waals surface area contributed by atoms with E-state index in [0.29, 0.717) is 23.3 Å². The zero-order valence-corrected chi connectivity index (χ0v) is 17.6. The lowest BCUT2D eigenvalue weighted by Crippen LogP contribution is -2.14. The van der Waals surface area contributed by atoms with E-state index in [0.717, 1.165) is 17.5 Å². The molecule has 0 saturated carbocycles. The van der Waals surface area contributed by atoms with Crippen molar-refractivity contribution < 1.29 is 19.1 Å². The van der Waals surface area contributed by atoms with Crippen LogP contribution in [0.15, 0.2) is 72.8 Å². The third kappa shape index (κ3) is 5.15. The van der Waals surface area contributed by atoms with Gasteiger partial charge in [0.05, 0.1) is 11.1 Å². The van der Waals surface area contributed by atoms with E-state index in [1.165, 1.54) is 0 Å². The van der Waals surface area contributed by atoms with Gasteiger partial charge in [0.25, 0.3) is 0 Å². The lowest BCUT2D eigenvalue weighted by molar-refractivity contribution is 0.0680. The third-order valence-corrected chi connectivity index (χ3v) is 4.76. The second-order valence-electron chi connectivity index (χ2n) is 7.42. The van der Waals surface area contributed by atoms with Crippen molar-refractivity contribution in [1.29, 1.82) is 0 Å². The summed E-state index contributed by atoms with van der Waals surface area (Å²) in [5.74, 6) is -0.172. The molecule has 0 aliphatic carbocycles. The number of hydrogen-bond acceptors (Lipinski definition) is 4. The van der Waals surface area contributed by atoms with Gasteiger partial charge in [0.2, 0.25) is 0 Å². The van der Waals surface area contributed by atoms with Gasteiger partial charge in [-0.2, -0.15) is 0 Å². The predicted molar refractivity (Wildman–Crippen MR) is 117 cm³/mol. The molecule has 0 atom stereocenters. The zero-order chi connectivity index (χ0) is 21.5. The number of esters is 2. The molecule has 0 spiro atoms. The van der Waals surface area contributed by atoms with Crippen molar-refractivity contribution in [3.05, 3.63) is 95.1 Å². The summed E-state index contributed by atoms with van der Waals surface area (Å²) < 4.78 is 11.5. The van der Waals surface area contributed by atoms with E-state index in [1.54, 1.807) is 54.6 Å². The first-order valence-corrected chi connectivity index (χ1v) is 10.2. The van der Waals surface area contributed by atoms with Gasteiger partial charge in [-0.25, -0.2) is 9.59 Å². The lowest BCUT2D eigenvalue weighted by atomic mass is 9.97. The Morgan fingerprint density at radius 1 is 0.800 bits per heavy atom. The van der Waals surface area contributed by atoms with Gasteiger partial charge in [0, 0.05) is 0 Å². The van der Waals surface area contributed by atoms with Gasteiger partial charge in [-0.3, -0.25) is 0 Å². The van der Waals surface area contributed by atoms with Crippen LogP contribution in [0.2, 0.25) is 0 Å². The normalized spacial score (nSPS) is 10.7. The van der Waals surface area contributed by atoms with Crippen LogP contribution in [0.1, 0.15) is 65.0 Å². The number of ether oxygens (including phenoxy) is 2. The molecule has 0 unspecified atom stereocenters. The van der Waals surface area contributed by atoms with Crippen LogP contribution in [0, 0.1) is 0 Å². The Morgan fingerprint density at radius 3 is 1.83 bits per heavy atom. The van der Waals surface area contributed by atoms with Crippen LogP contribution in [0.3, 0.4) is 0 Å². The summed E-state index contributed by atoms with van der Waals surface area (Å²) in [5, 5.41) is 0. The van der Waals surface area contributed by atoms with E-state index in [-0.39, 0.29) is 11.7 Å². The number of aryl methyl sites for hydroxylation is 1. The minimum atomic E-state index is -0.490. The third-order valence-electron chi connectivity index (χ3n) is 4.76. The number of benzene rings is 3. The van der Waals surface area contributed by atoms with E-state index in [1.807, 2.05) is 18.2 Å². The van der Waals surface area contributed by atoms with Gasteiger partial charge in [0.15, 0.2) is 11.5 Å². The van der Waals surface area contributed by atoms with Gasteiger partial charge >= 0.3 is 11.9 Å². The standard InChI is InChI=1S/C26H26O4/c1-4-11-21-16-22(18(2)3)17-23(29-25(27)19-12-7-5-8-13-19)24(21)30-26(28)20-14-9-6-10-15-20/h5-10,12-18H,4,11H2,1-3H3. The van der Waals surface area contributed by atoms with Crippen LogP contribution in [-0.2, 0) is 6.42 Å². The molecule has 0 bridgehead atoms. The van der Waals surface area contributed by atoms with Crippen molar-refractivity contribution in [3.8, 4) is 11.5 Å². The Morgan fingerprint density at radius 2 is 1.33 bits per heavy atom. The molecule has 0 aromatic heterocycles. The van der Waals surface area contributed by atoms with Crippen LogP contribution in [0.5, 0.6) is 11.5 Å². The number of hydrogen-bond donors (Lipinski definition) is 0. The van der Waals surface area contributed by atoms with Gasteiger partial charge in [-0.05, 0) is 53.8 Å². The van der Waals surface area contributed by atoms with E-state index in [4.69, 9.17) is 9.47 Å². The Bertz CT molecular complexity index is 1010. The molecular weight excluding hydrogens is 376 g/mol. The fraction of sp³-hybridized carbons (Fsp3) is 0.231. The maximum absolute atomic E-state index is 12.7. The molecular formula is C26H26O4. The molecule has 0 amide bonds. The minimum Gasteiger partial charge on any atom is -0.419 e. The quantitative estimate of drug-likeness (QED) is 0.349. The molecule has 30 heavy (non-hydrogen) atoms. The fourth-order valence-electron chi connectivity index (χ4n) is 3.12. The molecule has 0 aliphatic rings. The molecule has 4 nitrogen and oxygen atoms in total. The van der Waals surface area contributed by atoms with Crippen molar-refractivity contribution in [2.75, 3.05) is 0 Å². The smallest absolute Gasteiger partial charge is 0.343 e. The average molecular weight is 402 g/mol.